The molecule has 0 atom stereocenters. The Kier molecular flexibility index (Phi) is 5.53. The molecule has 0 aliphatic rings. The molecule has 202 valence electrons. The van der Waals surface area contributed by atoms with Crippen molar-refractivity contribution in [3.05, 3.63) is 138 Å². The predicted octanol–water partition coefficient (Wildman–Crippen LogP) is 8.56. The van der Waals surface area contributed by atoms with Crippen LogP contribution in [0.1, 0.15) is 16.7 Å². The van der Waals surface area contributed by atoms with Gasteiger partial charge in [0.2, 0.25) is 0 Å². The molecule has 0 spiro atoms. The molecule has 0 amide bonds. The van der Waals surface area contributed by atoms with E-state index >= 15 is 0 Å². The minimum absolute atomic E-state index is 0.495. The maximum Gasteiger partial charge on any atom is 0.0999 e. The Morgan fingerprint density at radius 1 is 0.477 bits per heavy atom. The monoisotopic (exact) mass is 560 g/mol. The number of pyridine rings is 1. The van der Waals surface area contributed by atoms with E-state index in [2.05, 4.69) is 51.6 Å². The van der Waals surface area contributed by atoms with Crippen LogP contribution < -0.4 is 0 Å². The standard InChI is InChI=1S/C38H20N6/c39-21-24-14-16-33-29(19-24)27-8-1-3-10-31(27)43(33)35-12-5-7-26(23-41)37(35)38-36(13-6-18-42-38)44-32-11-4-2-9-28(32)30-20-25(22-40)15-17-34(30)44/h1-20H. The van der Waals surface area contributed by atoms with Gasteiger partial charge in [0.1, 0.15) is 0 Å². The summed E-state index contributed by atoms with van der Waals surface area (Å²) in [6.45, 7) is 0. The molecule has 0 unspecified atom stereocenters. The summed E-state index contributed by atoms with van der Waals surface area (Å²) in [5.74, 6) is 0. The van der Waals surface area contributed by atoms with Gasteiger partial charge >= 0.3 is 0 Å². The van der Waals surface area contributed by atoms with E-state index in [4.69, 9.17) is 4.98 Å². The van der Waals surface area contributed by atoms with E-state index in [0.29, 0.717) is 27.9 Å². The largest absolute Gasteiger partial charge is 0.309 e. The molecule has 0 bridgehead atoms. The van der Waals surface area contributed by atoms with Gasteiger partial charge in [0.05, 0.1) is 74.0 Å². The number of benzene rings is 5. The van der Waals surface area contributed by atoms with Gasteiger partial charge in [-0.15, -0.1) is 0 Å². The quantitative estimate of drug-likeness (QED) is 0.216. The Balaban J connectivity index is 1.50. The van der Waals surface area contributed by atoms with Crippen molar-refractivity contribution >= 4 is 43.6 Å². The summed E-state index contributed by atoms with van der Waals surface area (Å²) in [7, 11) is 0. The van der Waals surface area contributed by atoms with Gasteiger partial charge in [-0.05, 0) is 72.8 Å². The Bertz CT molecular complexity index is 2600. The molecule has 5 aromatic carbocycles. The van der Waals surface area contributed by atoms with E-state index < -0.39 is 0 Å². The second-order valence-corrected chi connectivity index (χ2v) is 10.6. The topological polar surface area (TPSA) is 94.1 Å². The molecule has 0 saturated heterocycles. The molecule has 3 aromatic heterocycles. The zero-order valence-electron chi connectivity index (χ0n) is 23.2. The van der Waals surface area contributed by atoms with Crippen LogP contribution in [0.3, 0.4) is 0 Å². The number of nitriles is 3. The number of aromatic nitrogens is 3. The van der Waals surface area contributed by atoms with Gasteiger partial charge in [0.15, 0.2) is 0 Å². The number of hydrogen-bond acceptors (Lipinski definition) is 4. The minimum atomic E-state index is 0.495. The molecule has 6 heteroatoms. The lowest BCUT2D eigenvalue weighted by Crippen LogP contribution is -2.04. The lowest BCUT2D eigenvalue weighted by Gasteiger charge is -2.18. The van der Waals surface area contributed by atoms with E-state index in [9.17, 15) is 15.8 Å². The molecule has 6 nitrogen and oxygen atoms in total. The van der Waals surface area contributed by atoms with Crippen LogP contribution in [0.15, 0.2) is 121 Å². The van der Waals surface area contributed by atoms with Gasteiger partial charge in [0, 0.05) is 33.3 Å². The molecular formula is C38H20N6. The molecule has 0 saturated carbocycles. The summed E-state index contributed by atoms with van der Waals surface area (Å²) in [6, 6.07) is 44.3. The zero-order valence-corrected chi connectivity index (χ0v) is 23.2. The third-order valence-corrected chi connectivity index (χ3v) is 8.27. The lowest BCUT2D eigenvalue weighted by atomic mass is 10.00. The average molecular weight is 561 g/mol. The van der Waals surface area contributed by atoms with Crippen molar-refractivity contribution in [1.29, 1.82) is 15.8 Å². The van der Waals surface area contributed by atoms with Crippen molar-refractivity contribution in [2.24, 2.45) is 0 Å². The van der Waals surface area contributed by atoms with Gasteiger partial charge in [-0.25, -0.2) is 0 Å². The highest BCUT2D eigenvalue weighted by Crippen LogP contribution is 2.41. The molecule has 8 rings (SSSR count). The molecular weight excluding hydrogens is 540 g/mol. The van der Waals surface area contributed by atoms with Gasteiger partial charge in [-0.2, -0.15) is 15.8 Å². The number of hydrogen-bond donors (Lipinski definition) is 0. The molecule has 0 N–H and O–H groups in total. The van der Waals surface area contributed by atoms with E-state index in [0.717, 1.165) is 55.0 Å². The first-order chi connectivity index (χ1) is 21.7. The smallest absolute Gasteiger partial charge is 0.0999 e. The molecule has 0 aliphatic carbocycles. The summed E-state index contributed by atoms with van der Waals surface area (Å²) < 4.78 is 4.32. The van der Waals surface area contributed by atoms with Crippen molar-refractivity contribution in [2.45, 2.75) is 0 Å². The van der Waals surface area contributed by atoms with Crippen LogP contribution in [0.4, 0.5) is 0 Å². The first-order valence-corrected chi connectivity index (χ1v) is 14.1. The van der Waals surface area contributed by atoms with Crippen molar-refractivity contribution in [1.82, 2.24) is 14.1 Å². The first-order valence-electron chi connectivity index (χ1n) is 14.1. The van der Waals surface area contributed by atoms with E-state index in [1.165, 1.54) is 0 Å². The van der Waals surface area contributed by atoms with E-state index in [-0.39, 0.29) is 0 Å². The van der Waals surface area contributed by atoms with E-state index in [1.807, 2.05) is 91.0 Å². The second-order valence-electron chi connectivity index (χ2n) is 10.6. The highest BCUT2D eigenvalue weighted by molar-refractivity contribution is 6.11. The maximum absolute atomic E-state index is 10.5. The molecule has 0 radical (unpaired) electrons. The Morgan fingerprint density at radius 2 is 1.02 bits per heavy atom. The van der Waals surface area contributed by atoms with Gasteiger partial charge < -0.3 is 9.13 Å². The van der Waals surface area contributed by atoms with Crippen molar-refractivity contribution in [2.75, 3.05) is 0 Å². The SMILES string of the molecule is N#Cc1ccc2c(c1)c1ccccc1n2-c1cccnc1-c1c(C#N)cccc1-n1c2ccccc2c2cc(C#N)ccc21. The Morgan fingerprint density at radius 3 is 1.61 bits per heavy atom. The van der Waals surface area contributed by atoms with Crippen molar-refractivity contribution < 1.29 is 0 Å². The summed E-state index contributed by atoms with van der Waals surface area (Å²) in [5.41, 5.74) is 8.48. The highest BCUT2D eigenvalue weighted by Gasteiger charge is 2.23. The van der Waals surface area contributed by atoms with Crippen LogP contribution in [-0.2, 0) is 0 Å². The average Bonchev–Trinajstić information content (AvgIpc) is 3.59. The fourth-order valence-electron chi connectivity index (χ4n) is 6.44. The predicted molar refractivity (Wildman–Crippen MR) is 172 cm³/mol. The summed E-state index contributed by atoms with van der Waals surface area (Å²) in [6.07, 6.45) is 1.75. The van der Waals surface area contributed by atoms with Crippen LogP contribution >= 0.6 is 0 Å². The van der Waals surface area contributed by atoms with Crippen LogP contribution in [0.2, 0.25) is 0 Å². The number of rotatable bonds is 3. The van der Waals surface area contributed by atoms with Gasteiger partial charge in [-0.1, -0.05) is 42.5 Å². The van der Waals surface area contributed by atoms with Crippen LogP contribution in [0, 0.1) is 34.0 Å². The molecule has 0 fully saturated rings. The zero-order chi connectivity index (χ0) is 29.8. The summed E-state index contributed by atoms with van der Waals surface area (Å²) in [4.78, 5) is 4.94. The number of fused-ring (bicyclic) bond motifs is 6. The molecule has 44 heavy (non-hydrogen) atoms. The van der Waals surface area contributed by atoms with Gasteiger partial charge in [-0.3, -0.25) is 4.98 Å². The first kappa shape index (κ1) is 25.1. The van der Waals surface area contributed by atoms with Crippen LogP contribution in [-0.4, -0.2) is 14.1 Å². The Labute approximate surface area is 252 Å². The number of nitrogens with zero attached hydrogens (tertiary/aromatic N) is 6. The minimum Gasteiger partial charge on any atom is -0.309 e. The Hall–Kier alpha value is -6.68. The third-order valence-electron chi connectivity index (χ3n) is 8.27. The van der Waals surface area contributed by atoms with E-state index in [1.54, 1.807) is 6.20 Å². The molecule has 3 heterocycles. The molecule has 0 aliphatic heterocycles. The molecule has 8 aromatic rings. The summed E-state index contributed by atoms with van der Waals surface area (Å²) >= 11 is 0. The maximum atomic E-state index is 10.5. The second kappa shape index (κ2) is 9.71. The van der Waals surface area contributed by atoms with Crippen LogP contribution in [0.5, 0.6) is 0 Å². The van der Waals surface area contributed by atoms with Crippen molar-refractivity contribution in [3.8, 4) is 40.8 Å². The summed E-state index contributed by atoms with van der Waals surface area (Å²) in [5, 5.41) is 33.7. The van der Waals surface area contributed by atoms with Crippen LogP contribution in [0.25, 0.3) is 66.2 Å². The third kappa shape index (κ3) is 3.55. The lowest BCUT2D eigenvalue weighted by molar-refractivity contribution is 1.12. The fraction of sp³-hybridized carbons (Fsp3) is 0. The van der Waals surface area contributed by atoms with Crippen molar-refractivity contribution in [3.63, 3.8) is 0 Å². The number of para-hydroxylation sites is 2. The fourth-order valence-corrected chi connectivity index (χ4v) is 6.44. The normalized spacial score (nSPS) is 11.1. The van der Waals surface area contributed by atoms with Gasteiger partial charge in [0.25, 0.3) is 0 Å². The highest BCUT2D eigenvalue weighted by atomic mass is 15.0.